The highest BCUT2D eigenvalue weighted by atomic mass is 32.1. The number of hydrogen-bond donors (Lipinski definition) is 1. The highest BCUT2D eigenvalue weighted by Crippen LogP contribution is 2.25. The Morgan fingerprint density at radius 1 is 1.57 bits per heavy atom. The van der Waals surface area contributed by atoms with Crippen LogP contribution in [0.3, 0.4) is 0 Å². The summed E-state index contributed by atoms with van der Waals surface area (Å²) in [6, 6.07) is 1.96. The lowest BCUT2D eigenvalue weighted by Gasteiger charge is -2.07. The van der Waals surface area contributed by atoms with Crippen molar-refractivity contribution in [2.45, 2.75) is 19.4 Å². The third kappa shape index (κ3) is 1.65. The summed E-state index contributed by atoms with van der Waals surface area (Å²) < 4.78 is 0. The predicted octanol–water partition coefficient (Wildman–Crippen LogP) is 2.14. The van der Waals surface area contributed by atoms with E-state index in [-0.39, 0.29) is 17.7 Å². The van der Waals surface area contributed by atoms with E-state index in [0.717, 1.165) is 16.9 Å². The molecule has 2 rings (SSSR count). The smallest absolute Gasteiger partial charge is 0.170 e. The maximum atomic E-state index is 12.0. The lowest BCUT2D eigenvalue weighted by atomic mass is 9.97. The van der Waals surface area contributed by atoms with Crippen molar-refractivity contribution >= 4 is 17.1 Å². The molecule has 2 N–H and O–H groups in total. The Morgan fingerprint density at radius 3 is 2.86 bits per heavy atom. The van der Waals surface area contributed by atoms with Crippen molar-refractivity contribution in [3.05, 3.63) is 34.0 Å². The zero-order valence-corrected chi connectivity index (χ0v) is 8.88. The summed E-state index contributed by atoms with van der Waals surface area (Å²) in [7, 11) is 0. The number of thiophene rings is 1. The molecule has 2 nitrogen and oxygen atoms in total. The van der Waals surface area contributed by atoms with Crippen molar-refractivity contribution in [1.82, 2.24) is 0 Å². The average Bonchev–Trinajstić information content (AvgIpc) is 2.73. The van der Waals surface area contributed by atoms with Gasteiger partial charge in [0, 0.05) is 22.4 Å². The fraction of sp³-hybridized carbons (Fsp3) is 0.364. The van der Waals surface area contributed by atoms with Crippen molar-refractivity contribution in [1.29, 1.82) is 0 Å². The van der Waals surface area contributed by atoms with Crippen LogP contribution in [-0.4, -0.2) is 11.8 Å². The van der Waals surface area contributed by atoms with Crippen LogP contribution in [0.2, 0.25) is 0 Å². The molecule has 0 saturated heterocycles. The summed E-state index contributed by atoms with van der Waals surface area (Å²) in [5.41, 5.74) is 6.58. The molecule has 1 heterocycles. The molecular weight excluding hydrogens is 194 g/mol. The number of rotatable bonds is 2. The fourth-order valence-corrected chi connectivity index (χ4v) is 2.47. The molecule has 1 aliphatic rings. The van der Waals surface area contributed by atoms with Gasteiger partial charge in [-0.25, -0.2) is 0 Å². The highest BCUT2D eigenvalue weighted by molar-refractivity contribution is 7.10. The van der Waals surface area contributed by atoms with Gasteiger partial charge in [-0.3, -0.25) is 4.79 Å². The first-order valence-electron chi connectivity index (χ1n) is 4.70. The van der Waals surface area contributed by atoms with Gasteiger partial charge < -0.3 is 5.73 Å². The molecule has 0 aromatic carbocycles. The van der Waals surface area contributed by atoms with Crippen molar-refractivity contribution in [2.75, 3.05) is 0 Å². The second kappa shape index (κ2) is 3.67. The molecule has 0 saturated carbocycles. The minimum atomic E-state index is -0.00157. The van der Waals surface area contributed by atoms with Crippen molar-refractivity contribution in [2.24, 2.45) is 11.7 Å². The van der Waals surface area contributed by atoms with Crippen molar-refractivity contribution in [3.8, 4) is 0 Å². The van der Waals surface area contributed by atoms with E-state index in [1.165, 1.54) is 0 Å². The molecule has 0 bridgehead atoms. The molecule has 1 aromatic rings. The standard InChI is InChI=1S/C11H13NOS/c1-7-10(4-5-14-7)11(13)8-2-3-9(12)6-8/h2-5,8-9H,6,12H2,1H3. The predicted molar refractivity (Wildman–Crippen MR) is 58.6 cm³/mol. The van der Waals surface area contributed by atoms with E-state index in [2.05, 4.69) is 0 Å². The number of ketones is 1. The van der Waals surface area contributed by atoms with Crippen LogP contribution in [0.4, 0.5) is 0 Å². The van der Waals surface area contributed by atoms with E-state index in [9.17, 15) is 4.79 Å². The maximum Gasteiger partial charge on any atom is 0.170 e. The van der Waals surface area contributed by atoms with Crippen LogP contribution in [0.1, 0.15) is 21.7 Å². The normalized spacial score (nSPS) is 25.6. The number of carbonyl (C=O) groups is 1. The summed E-state index contributed by atoms with van der Waals surface area (Å²) in [6.45, 7) is 1.98. The van der Waals surface area contributed by atoms with Crippen LogP contribution in [0.5, 0.6) is 0 Å². The quantitative estimate of drug-likeness (QED) is 0.596. The number of hydrogen-bond acceptors (Lipinski definition) is 3. The minimum absolute atomic E-state index is 0.00157. The average molecular weight is 207 g/mol. The van der Waals surface area contributed by atoms with E-state index in [0.29, 0.717) is 0 Å². The van der Waals surface area contributed by atoms with E-state index in [1.807, 2.05) is 30.5 Å². The molecule has 74 valence electrons. The van der Waals surface area contributed by atoms with E-state index in [1.54, 1.807) is 11.3 Å². The van der Waals surface area contributed by atoms with E-state index in [4.69, 9.17) is 5.73 Å². The molecule has 3 heteroatoms. The van der Waals surface area contributed by atoms with Gasteiger partial charge in [-0.2, -0.15) is 0 Å². The van der Waals surface area contributed by atoms with E-state index < -0.39 is 0 Å². The lowest BCUT2D eigenvalue weighted by molar-refractivity contribution is 0.0943. The summed E-state index contributed by atoms with van der Waals surface area (Å²) in [5.74, 6) is 0.214. The molecule has 1 aromatic heterocycles. The maximum absolute atomic E-state index is 12.0. The molecule has 14 heavy (non-hydrogen) atoms. The van der Waals surface area contributed by atoms with Crippen LogP contribution >= 0.6 is 11.3 Å². The van der Waals surface area contributed by atoms with Crippen LogP contribution in [0.25, 0.3) is 0 Å². The van der Waals surface area contributed by atoms with Gasteiger partial charge in [-0.05, 0) is 24.8 Å². The van der Waals surface area contributed by atoms with Crippen LogP contribution in [0, 0.1) is 12.8 Å². The number of aryl methyl sites for hydroxylation is 1. The summed E-state index contributed by atoms with van der Waals surface area (Å²) >= 11 is 1.62. The van der Waals surface area contributed by atoms with Gasteiger partial charge in [0.1, 0.15) is 0 Å². The Hall–Kier alpha value is -0.930. The summed E-state index contributed by atoms with van der Waals surface area (Å²) in [6.07, 6.45) is 4.61. The molecule has 0 radical (unpaired) electrons. The zero-order chi connectivity index (χ0) is 10.1. The molecule has 0 spiro atoms. The molecule has 2 atom stereocenters. The Labute approximate surface area is 87.4 Å². The Morgan fingerprint density at radius 2 is 2.36 bits per heavy atom. The third-order valence-electron chi connectivity index (χ3n) is 2.58. The van der Waals surface area contributed by atoms with Gasteiger partial charge in [-0.15, -0.1) is 11.3 Å². The Balaban J connectivity index is 2.18. The van der Waals surface area contributed by atoms with Crippen LogP contribution in [-0.2, 0) is 0 Å². The summed E-state index contributed by atoms with van der Waals surface area (Å²) in [5, 5.41) is 1.96. The summed E-state index contributed by atoms with van der Waals surface area (Å²) in [4.78, 5) is 13.1. The third-order valence-corrected chi connectivity index (χ3v) is 3.42. The largest absolute Gasteiger partial charge is 0.324 e. The molecular formula is C11H13NOS. The molecule has 2 unspecified atom stereocenters. The first-order valence-corrected chi connectivity index (χ1v) is 5.58. The van der Waals surface area contributed by atoms with E-state index >= 15 is 0 Å². The van der Waals surface area contributed by atoms with Crippen molar-refractivity contribution < 1.29 is 4.79 Å². The Kier molecular flexibility index (Phi) is 2.52. The first-order chi connectivity index (χ1) is 6.68. The second-order valence-corrected chi connectivity index (χ2v) is 4.77. The SMILES string of the molecule is Cc1sccc1C(=O)C1C=CC(N)C1. The molecule has 1 aliphatic carbocycles. The highest BCUT2D eigenvalue weighted by Gasteiger charge is 2.24. The monoisotopic (exact) mass is 207 g/mol. The van der Waals surface area contributed by atoms with Crippen LogP contribution < -0.4 is 5.73 Å². The molecule has 0 aliphatic heterocycles. The van der Waals surface area contributed by atoms with Gasteiger partial charge in [-0.1, -0.05) is 12.2 Å². The first kappa shape index (κ1) is 9.62. The molecule has 0 amide bonds. The number of nitrogens with two attached hydrogens (primary N) is 1. The van der Waals surface area contributed by atoms with Gasteiger partial charge in [0.25, 0.3) is 0 Å². The van der Waals surface area contributed by atoms with Crippen LogP contribution in [0.15, 0.2) is 23.6 Å². The Bertz CT molecular complexity index is 380. The van der Waals surface area contributed by atoms with Gasteiger partial charge in [0.05, 0.1) is 0 Å². The number of Topliss-reactive ketones (excluding diaryl/α,β-unsaturated/α-hetero) is 1. The lowest BCUT2D eigenvalue weighted by Crippen LogP contribution is -2.19. The molecule has 0 fully saturated rings. The second-order valence-electron chi connectivity index (χ2n) is 3.65. The van der Waals surface area contributed by atoms with Gasteiger partial charge in [0.2, 0.25) is 0 Å². The number of allylic oxidation sites excluding steroid dienone is 1. The fourth-order valence-electron chi connectivity index (χ4n) is 1.76. The number of carbonyl (C=O) groups excluding carboxylic acids is 1. The topological polar surface area (TPSA) is 43.1 Å². The van der Waals surface area contributed by atoms with Gasteiger partial charge in [0.15, 0.2) is 5.78 Å². The minimum Gasteiger partial charge on any atom is -0.324 e. The van der Waals surface area contributed by atoms with Gasteiger partial charge >= 0.3 is 0 Å². The zero-order valence-electron chi connectivity index (χ0n) is 8.07. The van der Waals surface area contributed by atoms with Crippen molar-refractivity contribution in [3.63, 3.8) is 0 Å².